The van der Waals surface area contributed by atoms with E-state index in [0.717, 1.165) is 0 Å². The van der Waals surface area contributed by atoms with Gasteiger partial charge >= 0.3 is 6.18 Å². The van der Waals surface area contributed by atoms with Gasteiger partial charge in [-0.15, -0.1) is 0 Å². The van der Waals surface area contributed by atoms with Crippen molar-refractivity contribution >= 4 is 11.7 Å². The Bertz CT molecular complexity index is 572. The lowest BCUT2D eigenvalue weighted by Crippen LogP contribution is -2.60. The quantitative estimate of drug-likeness (QED) is 0.776. The van der Waals surface area contributed by atoms with E-state index >= 15 is 0 Å². The van der Waals surface area contributed by atoms with Crippen LogP contribution in [0.5, 0.6) is 0 Å². The van der Waals surface area contributed by atoms with Crippen molar-refractivity contribution in [1.29, 1.82) is 0 Å². The van der Waals surface area contributed by atoms with Crippen LogP contribution in [-0.4, -0.2) is 18.3 Å². The number of hydrogen-bond acceptors (Lipinski definition) is 4. The first-order chi connectivity index (χ1) is 9.34. The number of halogens is 3. The molecule has 1 heterocycles. The molecule has 3 atom stereocenters. The van der Waals surface area contributed by atoms with Crippen LogP contribution >= 0.6 is 0 Å². The maximum Gasteiger partial charge on any atom is 0.418 e. The molecule has 0 spiro atoms. The second kappa shape index (κ2) is 4.04. The second-order valence-electron chi connectivity index (χ2n) is 5.18. The van der Waals surface area contributed by atoms with Gasteiger partial charge in [0.25, 0.3) is 6.02 Å². The van der Waals surface area contributed by atoms with Crippen LogP contribution in [0, 0.1) is 5.92 Å². The molecule has 2 aliphatic rings. The lowest BCUT2D eigenvalue weighted by Gasteiger charge is -2.50. The van der Waals surface area contributed by atoms with E-state index in [2.05, 4.69) is 4.99 Å². The summed E-state index contributed by atoms with van der Waals surface area (Å²) in [6, 6.07) is 5.32. The van der Waals surface area contributed by atoms with Crippen molar-refractivity contribution in [2.24, 2.45) is 16.6 Å². The fourth-order valence-electron chi connectivity index (χ4n) is 3.02. The van der Waals surface area contributed by atoms with Crippen LogP contribution in [0.1, 0.15) is 18.4 Å². The molecule has 1 aromatic rings. The summed E-state index contributed by atoms with van der Waals surface area (Å²) >= 11 is 0. The summed E-state index contributed by atoms with van der Waals surface area (Å²) in [6.45, 7) is 0. The Morgan fingerprint density at radius 1 is 1.25 bits per heavy atom. The van der Waals surface area contributed by atoms with E-state index in [1.807, 2.05) is 0 Å². The van der Waals surface area contributed by atoms with E-state index in [0.29, 0.717) is 12.8 Å². The van der Waals surface area contributed by atoms with Gasteiger partial charge in [-0.2, -0.15) is 13.2 Å². The third kappa shape index (κ3) is 1.65. The minimum atomic E-state index is -4.56. The number of aliphatic imine (C=N–C) groups is 1. The Morgan fingerprint density at radius 3 is 2.55 bits per heavy atom. The number of benzene rings is 1. The molecule has 1 aliphatic heterocycles. The number of hydrogen-bond donors (Lipinski definition) is 2. The van der Waals surface area contributed by atoms with Crippen LogP contribution in [0.2, 0.25) is 0 Å². The lowest BCUT2D eigenvalue weighted by molar-refractivity contribution is -0.233. The summed E-state index contributed by atoms with van der Waals surface area (Å²) < 4.78 is 46.5. The molecule has 0 amide bonds. The van der Waals surface area contributed by atoms with Gasteiger partial charge in [0.1, 0.15) is 6.10 Å². The molecule has 108 valence electrons. The third-order valence-electron chi connectivity index (χ3n) is 4.07. The number of ether oxygens (including phenoxy) is 1. The predicted molar refractivity (Wildman–Crippen MR) is 67.8 cm³/mol. The van der Waals surface area contributed by atoms with Gasteiger partial charge in [0.15, 0.2) is 5.54 Å². The van der Waals surface area contributed by atoms with Gasteiger partial charge in [-0.1, -0.05) is 12.1 Å². The van der Waals surface area contributed by atoms with Gasteiger partial charge in [-0.25, -0.2) is 4.99 Å². The molecule has 4 nitrogen and oxygen atoms in total. The molecule has 0 bridgehead atoms. The van der Waals surface area contributed by atoms with E-state index < -0.39 is 29.8 Å². The van der Waals surface area contributed by atoms with Crippen molar-refractivity contribution in [3.05, 3.63) is 29.8 Å². The van der Waals surface area contributed by atoms with Gasteiger partial charge in [-0.3, -0.25) is 0 Å². The molecule has 0 saturated heterocycles. The Hall–Kier alpha value is -1.92. The second-order valence-corrected chi connectivity index (χ2v) is 5.18. The van der Waals surface area contributed by atoms with Gasteiger partial charge < -0.3 is 16.2 Å². The molecule has 1 aliphatic carbocycles. The molecule has 4 N–H and O–H groups in total. The summed E-state index contributed by atoms with van der Waals surface area (Å²) in [5.41, 5.74) is 9.02. The van der Waals surface area contributed by atoms with E-state index in [-0.39, 0.29) is 11.3 Å². The number of amidine groups is 1. The maximum atomic E-state index is 13.8. The average Bonchev–Trinajstić information content (AvgIpc) is 2.31. The Kier molecular flexibility index (Phi) is 2.64. The van der Waals surface area contributed by atoms with E-state index in [1.165, 1.54) is 24.3 Å². The molecule has 1 aromatic carbocycles. The highest BCUT2D eigenvalue weighted by atomic mass is 19.4. The maximum absolute atomic E-state index is 13.8. The van der Waals surface area contributed by atoms with Crippen LogP contribution < -0.4 is 11.5 Å². The average molecular weight is 285 g/mol. The molecule has 3 rings (SSSR count). The normalized spacial score (nSPS) is 32.6. The zero-order valence-electron chi connectivity index (χ0n) is 10.5. The minimum absolute atomic E-state index is 0.0194. The third-order valence-corrected chi connectivity index (χ3v) is 4.07. The largest absolute Gasteiger partial charge is 0.462 e. The smallest absolute Gasteiger partial charge is 0.418 e. The van der Waals surface area contributed by atoms with Crippen LogP contribution in [0.4, 0.5) is 18.9 Å². The van der Waals surface area contributed by atoms with Crippen molar-refractivity contribution in [3.8, 4) is 0 Å². The summed E-state index contributed by atoms with van der Waals surface area (Å²) in [7, 11) is 0. The van der Waals surface area contributed by atoms with Crippen LogP contribution in [0.25, 0.3) is 0 Å². The molecule has 20 heavy (non-hydrogen) atoms. The predicted octanol–water partition coefficient (Wildman–Crippen LogP) is 2.15. The number of nitrogen functional groups attached to an aromatic ring is 1. The highest BCUT2D eigenvalue weighted by Gasteiger charge is 2.67. The van der Waals surface area contributed by atoms with E-state index in [1.54, 1.807) is 0 Å². The fraction of sp³-hybridized carbons (Fsp3) is 0.462. The van der Waals surface area contributed by atoms with Crippen molar-refractivity contribution in [2.75, 3.05) is 5.73 Å². The van der Waals surface area contributed by atoms with Gasteiger partial charge in [-0.05, 0) is 30.5 Å². The number of nitrogens with zero attached hydrogens (tertiary/aromatic N) is 1. The Morgan fingerprint density at radius 2 is 2.00 bits per heavy atom. The molecule has 1 saturated carbocycles. The number of fused-ring (bicyclic) bond motifs is 1. The lowest BCUT2D eigenvalue weighted by atomic mass is 9.64. The van der Waals surface area contributed by atoms with Gasteiger partial charge in [0, 0.05) is 11.6 Å². The number of rotatable bonds is 1. The first kappa shape index (κ1) is 13.1. The summed E-state index contributed by atoms with van der Waals surface area (Å²) in [6.07, 6.45) is -4.13. The molecule has 7 heteroatoms. The van der Waals surface area contributed by atoms with Crippen LogP contribution in [-0.2, 0) is 10.3 Å². The van der Waals surface area contributed by atoms with E-state index in [4.69, 9.17) is 16.2 Å². The molecule has 1 fully saturated rings. The Balaban J connectivity index is 2.22. The fourth-order valence-corrected chi connectivity index (χ4v) is 3.02. The van der Waals surface area contributed by atoms with Gasteiger partial charge in [0.05, 0.1) is 0 Å². The zero-order valence-corrected chi connectivity index (χ0v) is 10.5. The molecular formula is C13H14F3N3O. The first-order valence-corrected chi connectivity index (χ1v) is 6.29. The van der Waals surface area contributed by atoms with Crippen molar-refractivity contribution < 1.29 is 17.9 Å². The number of alkyl halides is 3. The van der Waals surface area contributed by atoms with Crippen molar-refractivity contribution in [1.82, 2.24) is 0 Å². The van der Waals surface area contributed by atoms with Crippen LogP contribution in [0.3, 0.4) is 0 Å². The minimum Gasteiger partial charge on any atom is -0.462 e. The summed E-state index contributed by atoms with van der Waals surface area (Å²) in [5.74, 6) is -0.753. The first-order valence-electron chi connectivity index (χ1n) is 6.29. The van der Waals surface area contributed by atoms with Crippen molar-refractivity contribution in [3.63, 3.8) is 0 Å². The topological polar surface area (TPSA) is 73.6 Å². The molecular weight excluding hydrogens is 271 g/mol. The number of anilines is 1. The van der Waals surface area contributed by atoms with Crippen molar-refractivity contribution in [2.45, 2.75) is 30.7 Å². The molecule has 0 aromatic heterocycles. The highest BCUT2D eigenvalue weighted by Crippen LogP contribution is 2.56. The van der Waals surface area contributed by atoms with Crippen LogP contribution in [0.15, 0.2) is 29.3 Å². The standard InChI is InChI=1S/C13H14F3N3O/c14-13(15,16)12(7-2-1-3-8(17)6-7)9-4-5-10(9)20-11(18)19-12/h1-3,6,9-10H,4-5,17H2,(H2,18,19). The van der Waals surface area contributed by atoms with Gasteiger partial charge in [0.2, 0.25) is 0 Å². The molecule has 0 radical (unpaired) electrons. The molecule has 3 unspecified atom stereocenters. The zero-order chi connectivity index (χ0) is 14.5. The SMILES string of the molecule is NC1=NC(c2cccc(N)c2)(C(F)(F)F)C2CCC2O1. The highest BCUT2D eigenvalue weighted by molar-refractivity contribution is 5.74. The van der Waals surface area contributed by atoms with E-state index in [9.17, 15) is 13.2 Å². The number of nitrogens with two attached hydrogens (primary N) is 2. The summed E-state index contributed by atoms with van der Waals surface area (Å²) in [5, 5.41) is 0. The monoisotopic (exact) mass is 285 g/mol. The Labute approximate surface area is 113 Å². The summed E-state index contributed by atoms with van der Waals surface area (Å²) in [4.78, 5) is 3.67.